The van der Waals surface area contributed by atoms with Gasteiger partial charge < -0.3 is 10.1 Å². The Balaban J connectivity index is 2.12. The van der Waals surface area contributed by atoms with E-state index in [4.69, 9.17) is 4.74 Å². The monoisotopic (exact) mass is 242 g/mol. The SMILES string of the molecule is CCC(Nc1cccnc1)c1ccc(OC)cc1. The normalized spacial score (nSPS) is 11.9. The highest BCUT2D eigenvalue weighted by Gasteiger charge is 2.08. The van der Waals surface area contributed by atoms with Gasteiger partial charge in [-0.15, -0.1) is 0 Å². The van der Waals surface area contributed by atoms with E-state index >= 15 is 0 Å². The van der Waals surface area contributed by atoms with Crippen molar-refractivity contribution in [2.75, 3.05) is 12.4 Å². The number of anilines is 1. The molecular weight excluding hydrogens is 224 g/mol. The van der Waals surface area contributed by atoms with Crippen LogP contribution in [0.3, 0.4) is 0 Å². The van der Waals surface area contributed by atoms with Crippen LogP contribution in [0.25, 0.3) is 0 Å². The number of hydrogen-bond acceptors (Lipinski definition) is 3. The average Bonchev–Trinajstić information content (AvgIpc) is 2.46. The molecule has 0 spiro atoms. The van der Waals surface area contributed by atoms with Crippen molar-refractivity contribution < 1.29 is 4.74 Å². The molecule has 0 aliphatic rings. The molecule has 3 nitrogen and oxygen atoms in total. The summed E-state index contributed by atoms with van der Waals surface area (Å²) in [6, 6.07) is 12.4. The molecule has 2 rings (SSSR count). The van der Waals surface area contributed by atoms with E-state index in [2.05, 4.69) is 29.4 Å². The number of benzene rings is 1. The average molecular weight is 242 g/mol. The Labute approximate surface area is 108 Å². The quantitative estimate of drug-likeness (QED) is 0.869. The highest BCUT2D eigenvalue weighted by atomic mass is 16.5. The highest BCUT2D eigenvalue weighted by molar-refractivity contribution is 5.43. The molecule has 1 heterocycles. The van der Waals surface area contributed by atoms with Gasteiger partial charge in [-0.05, 0) is 36.2 Å². The number of ether oxygens (including phenoxy) is 1. The molecule has 0 aliphatic heterocycles. The maximum Gasteiger partial charge on any atom is 0.118 e. The van der Waals surface area contributed by atoms with Crippen molar-refractivity contribution in [3.63, 3.8) is 0 Å². The molecule has 94 valence electrons. The lowest BCUT2D eigenvalue weighted by Crippen LogP contribution is -2.09. The minimum atomic E-state index is 0.292. The topological polar surface area (TPSA) is 34.2 Å². The van der Waals surface area contributed by atoms with Crippen molar-refractivity contribution in [1.82, 2.24) is 4.98 Å². The maximum absolute atomic E-state index is 5.17. The van der Waals surface area contributed by atoms with Gasteiger partial charge in [0.05, 0.1) is 18.8 Å². The minimum Gasteiger partial charge on any atom is -0.497 e. The Morgan fingerprint density at radius 3 is 2.56 bits per heavy atom. The van der Waals surface area contributed by atoms with Crippen LogP contribution in [0.15, 0.2) is 48.8 Å². The highest BCUT2D eigenvalue weighted by Crippen LogP contribution is 2.23. The molecule has 2 aromatic rings. The zero-order valence-corrected chi connectivity index (χ0v) is 10.8. The van der Waals surface area contributed by atoms with Gasteiger partial charge in [-0.1, -0.05) is 19.1 Å². The molecule has 1 unspecified atom stereocenters. The first-order valence-electron chi connectivity index (χ1n) is 6.14. The molecular formula is C15H18N2O. The van der Waals surface area contributed by atoms with Gasteiger partial charge >= 0.3 is 0 Å². The first-order chi connectivity index (χ1) is 8.83. The summed E-state index contributed by atoms with van der Waals surface area (Å²) in [6.07, 6.45) is 4.63. The fraction of sp³-hybridized carbons (Fsp3) is 0.267. The number of rotatable bonds is 5. The van der Waals surface area contributed by atoms with Crippen LogP contribution in [0.5, 0.6) is 5.75 Å². The van der Waals surface area contributed by atoms with E-state index < -0.39 is 0 Å². The van der Waals surface area contributed by atoms with Gasteiger partial charge in [0.2, 0.25) is 0 Å². The summed E-state index contributed by atoms with van der Waals surface area (Å²) in [5, 5.41) is 3.48. The van der Waals surface area contributed by atoms with Crippen molar-refractivity contribution in [3.8, 4) is 5.75 Å². The van der Waals surface area contributed by atoms with E-state index in [0.717, 1.165) is 17.9 Å². The second kappa shape index (κ2) is 6.05. The van der Waals surface area contributed by atoms with Gasteiger partial charge in [-0.3, -0.25) is 4.98 Å². The fourth-order valence-corrected chi connectivity index (χ4v) is 1.91. The summed E-state index contributed by atoms with van der Waals surface area (Å²) in [4.78, 5) is 4.11. The second-order valence-corrected chi connectivity index (χ2v) is 4.12. The zero-order chi connectivity index (χ0) is 12.8. The molecule has 0 saturated carbocycles. The molecule has 0 fully saturated rings. The maximum atomic E-state index is 5.17. The third-order valence-electron chi connectivity index (χ3n) is 2.93. The van der Waals surface area contributed by atoms with Gasteiger partial charge in [0, 0.05) is 12.4 Å². The van der Waals surface area contributed by atoms with E-state index in [1.165, 1.54) is 5.56 Å². The van der Waals surface area contributed by atoms with Gasteiger partial charge in [-0.2, -0.15) is 0 Å². The Bertz CT molecular complexity index is 468. The van der Waals surface area contributed by atoms with Crippen LogP contribution in [0.2, 0.25) is 0 Å². The van der Waals surface area contributed by atoms with Crippen molar-refractivity contribution in [2.24, 2.45) is 0 Å². The number of methoxy groups -OCH3 is 1. The second-order valence-electron chi connectivity index (χ2n) is 4.12. The summed E-state index contributed by atoms with van der Waals surface area (Å²) in [6.45, 7) is 2.16. The third kappa shape index (κ3) is 3.00. The van der Waals surface area contributed by atoms with E-state index in [0.29, 0.717) is 6.04 Å². The molecule has 0 radical (unpaired) electrons. The molecule has 0 bridgehead atoms. The number of aromatic nitrogens is 1. The number of hydrogen-bond donors (Lipinski definition) is 1. The summed E-state index contributed by atoms with van der Waals surface area (Å²) < 4.78 is 5.17. The van der Waals surface area contributed by atoms with Crippen LogP contribution in [-0.2, 0) is 0 Å². The van der Waals surface area contributed by atoms with E-state index in [1.54, 1.807) is 13.3 Å². The van der Waals surface area contributed by atoms with Crippen LogP contribution in [0, 0.1) is 0 Å². The molecule has 1 N–H and O–H groups in total. The smallest absolute Gasteiger partial charge is 0.118 e. The summed E-state index contributed by atoms with van der Waals surface area (Å²) in [7, 11) is 1.68. The molecule has 1 aromatic carbocycles. The Morgan fingerprint density at radius 1 is 1.22 bits per heavy atom. The zero-order valence-electron chi connectivity index (χ0n) is 10.8. The Kier molecular flexibility index (Phi) is 4.18. The van der Waals surface area contributed by atoms with Crippen LogP contribution in [0.1, 0.15) is 24.9 Å². The molecule has 3 heteroatoms. The van der Waals surface area contributed by atoms with Gasteiger partial charge in [-0.25, -0.2) is 0 Å². The van der Waals surface area contributed by atoms with Crippen LogP contribution >= 0.6 is 0 Å². The van der Waals surface area contributed by atoms with Gasteiger partial charge in [0.15, 0.2) is 0 Å². The van der Waals surface area contributed by atoms with Crippen molar-refractivity contribution in [1.29, 1.82) is 0 Å². The van der Waals surface area contributed by atoms with Gasteiger partial charge in [0.25, 0.3) is 0 Å². The van der Waals surface area contributed by atoms with Crippen LogP contribution < -0.4 is 10.1 Å². The first-order valence-corrected chi connectivity index (χ1v) is 6.14. The predicted octanol–water partition coefficient (Wildman–Crippen LogP) is 3.65. The molecule has 1 aromatic heterocycles. The summed E-state index contributed by atoms with van der Waals surface area (Å²) in [5.41, 5.74) is 2.29. The lowest BCUT2D eigenvalue weighted by atomic mass is 10.0. The molecule has 18 heavy (non-hydrogen) atoms. The minimum absolute atomic E-state index is 0.292. The largest absolute Gasteiger partial charge is 0.497 e. The predicted molar refractivity (Wildman–Crippen MR) is 73.9 cm³/mol. The standard InChI is InChI=1S/C15H18N2O/c1-3-15(17-13-5-4-10-16-11-13)12-6-8-14(18-2)9-7-12/h4-11,15,17H,3H2,1-2H3. The van der Waals surface area contributed by atoms with E-state index in [9.17, 15) is 0 Å². The lowest BCUT2D eigenvalue weighted by Gasteiger charge is -2.18. The number of nitrogens with one attached hydrogen (secondary N) is 1. The molecule has 0 aliphatic carbocycles. The molecule has 0 saturated heterocycles. The van der Waals surface area contributed by atoms with E-state index in [-0.39, 0.29) is 0 Å². The molecule has 1 atom stereocenters. The van der Waals surface area contributed by atoms with Crippen molar-refractivity contribution in [3.05, 3.63) is 54.4 Å². The number of nitrogens with zero attached hydrogens (tertiary/aromatic N) is 1. The van der Waals surface area contributed by atoms with Crippen molar-refractivity contribution in [2.45, 2.75) is 19.4 Å². The van der Waals surface area contributed by atoms with Crippen molar-refractivity contribution >= 4 is 5.69 Å². The Hall–Kier alpha value is -2.03. The summed E-state index contributed by atoms with van der Waals surface area (Å²) >= 11 is 0. The fourth-order valence-electron chi connectivity index (χ4n) is 1.91. The molecule has 0 amide bonds. The van der Waals surface area contributed by atoms with Crippen LogP contribution in [0.4, 0.5) is 5.69 Å². The van der Waals surface area contributed by atoms with Crippen LogP contribution in [-0.4, -0.2) is 12.1 Å². The number of pyridine rings is 1. The van der Waals surface area contributed by atoms with Gasteiger partial charge in [0.1, 0.15) is 5.75 Å². The summed E-state index contributed by atoms with van der Waals surface area (Å²) in [5.74, 6) is 0.884. The first kappa shape index (κ1) is 12.4. The third-order valence-corrected chi connectivity index (χ3v) is 2.93. The van der Waals surface area contributed by atoms with E-state index in [1.807, 2.05) is 30.5 Å². The lowest BCUT2D eigenvalue weighted by molar-refractivity contribution is 0.414. The Morgan fingerprint density at radius 2 is 2.00 bits per heavy atom.